The van der Waals surface area contributed by atoms with E-state index in [0.29, 0.717) is 26.4 Å². The summed E-state index contributed by atoms with van der Waals surface area (Å²) in [6, 6.07) is 0. The van der Waals surface area contributed by atoms with Crippen LogP contribution in [0.1, 0.15) is 168 Å². The van der Waals surface area contributed by atoms with Gasteiger partial charge >= 0.3 is 0 Å². The Bertz CT molecular complexity index is 519. The van der Waals surface area contributed by atoms with E-state index >= 15 is 0 Å². The second-order valence-electron chi connectivity index (χ2n) is 12.2. The van der Waals surface area contributed by atoms with Crippen molar-refractivity contribution in [2.45, 2.75) is 174 Å². The van der Waals surface area contributed by atoms with Crippen molar-refractivity contribution in [2.24, 2.45) is 0 Å². The highest BCUT2D eigenvalue weighted by Gasteiger charge is 2.12. The molecule has 252 valence electrons. The van der Waals surface area contributed by atoms with E-state index < -0.39 is 0 Å². The van der Waals surface area contributed by atoms with Crippen LogP contribution in [0.2, 0.25) is 0 Å². The number of unbranched alkanes of at least 4 members (excludes halogenated alkanes) is 22. The van der Waals surface area contributed by atoms with Gasteiger partial charge < -0.3 is 24.3 Å². The van der Waals surface area contributed by atoms with Gasteiger partial charge in [0.05, 0.1) is 25.9 Å². The first-order valence-corrected chi connectivity index (χ1v) is 18.3. The molecule has 0 rings (SSSR count). The molecule has 6 heteroatoms. The zero-order chi connectivity index (χ0) is 30.6. The average molecular weight is 600 g/mol. The van der Waals surface area contributed by atoms with Gasteiger partial charge in [-0.05, 0) is 12.8 Å². The van der Waals surface area contributed by atoms with Crippen LogP contribution < -0.4 is 5.32 Å². The van der Waals surface area contributed by atoms with Gasteiger partial charge in [-0.1, -0.05) is 155 Å². The molecule has 0 saturated carbocycles. The molecule has 42 heavy (non-hydrogen) atoms. The quantitative estimate of drug-likeness (QED) is 0.0727. The van der Waals surface area contributed by atoms with Crippen molar-refractivity contribution in [3.63, 3.8) is 0 Å². The topological polar surface area (TPSA) is 66.0 Å². The summed E-state index contributed by atoms with van der Waals surface area (Å²) in [6.07, 6.45) is 32.0. The van der Waals surface area contributed by atoms with Crippen molar-refractivity contribution in [2.75, 3.05) is 53.3 Å². The molecule has 0 aromatic heterocycles. The number of rotatable bonds is 36. The van der Waals surface area contributed by atoms with Crippen LogP contribution in [-0.2, 0) is 23.7 Å². The van der Waals surface area contributed by atoms with E-state index in [1.165, 1.54) is 141 Å². The van der Waals surface area contributed by atoms with Gasteiger partial charge in [0.15, 0.2) is 0 Å². The number of hydrogen-bond acceptors (Lipinski definition) is 5. The summed E-state index contributed by atoms with van der Waals surface area (Å²) < 4.78 is 22.4. The maximum Gasteiger partial charge on any atom is 0.246 e. The summed E-state index contributed by atoms with van der Waals surface area (Å²) in [5.41, 5.74) is 0. The molecule has 0 aliphatic carbocycles. The summed E-state index contributed by atoms with van der Waals surface area (Å²) in [6.45, 7) is 8.00. The highest BCUT2D eigenvalue weighted by atomic mass is 16.5. The largest absolute Gasteiger partial charge is 0.382 e. The first-order chi connectivity index (χ1) is 20.7. The molecule has 0 aromatic rings. The summed E-state index contributed by atoms with van der Waals surface area (Å²) in [4.78, 5) is 12.1. The minimum atomic E-state index is -0.119. The van der Waals surface area contributed by atoms with Gasteiger partial charge in [-0.15, -0.1) is 0 Å². The number of methoxy groups -OCH3 is 1. The Morgan fingerprint density at radius 3 is 1.40 bits per heavy atom. The molecule has 0 aromatic carbocycles. The molecule has 1 amide bonds. The zero-order valence-electron chi connectivity index (χ0n) is 28.5. The Kier molecular flexibility index (Phi) is 35.9. The molecular weight excluding hydrogens is 526 g/mol. The Morgan fingerprint density at radius 2 is 0.952 bits per heavy atom. The van der Waals surface area contributed by atoms with E-state index in [0.717, 1.165) is 26.1 Å². The zero-order valence-corrected chi connectivity index (χ0v) is 28.5. The minimum Gasteiger partial charge on any atom is -0.382 e. The van der Waals surface area contributed by atoms with Crippen LogP contribution >= 0.6 is 0 Å². The van der Waals surface area contributed by atoms with Gasteiger partial charge in [0, 0.05) is 26.9 Å². The van der Waals surface area contributed by atoms with Crippen LogP contribution in [0.4, 0.5) is 0 Å². The first-order valence-electron chi connectivity index (χ1n) is 18.3. The summed E-state index contributed by atoms with van der Waals surface area (Å²) in [5.74, 6) is -0.119. The summed E-state index contributed by atoms with van der Waals surface area (Å²) >= 11 is 0. The van der Waals surface area contributed by atoms with Crippen molar-refractivity contribution in [3.8, 4) is 0 Å². The number of ether oxygens (including phenoxy) is 4. The van der Waals surface area contributed by atoms with Crippen LogP contribution in [0.3, 0.4) is 0 Å². The molecule has 0 bridgehead atoms. The van der Waals surface area contributed by atoms with Crippen LogP contribution in [0, 0.1) is 0 Å². The second kappa shape index (κ2) is 36.5. The lowest BCUT2D eigenvalue weighted by atomic mass is 10.1. The van der Waals surface area contributed by atoms with Crippen molar-refractivity contribution in [1.29, 1.82) is 0 Å². The van der Waals surface area contributed by atoms with E-state index in [2.05, 4.69) is 19.2 Å². The van der Waals surface area contributed by atoms with Gasteiger partial charge in [0.2, 0.25) is 5.91 Å². The molecule has 0 fully saturated rings. The number of nitrogens with one attached hydrogen (secondary N) is 1. The van der Waals surface area contributed by atoms with Crippen LogP contribution in [0.5, 0.6) is 0 Å². The Labute approximate surface area is 262 Å². The van der Waals surface area contributed by atoms with Gasteiger partial charge in [0.25, 0.3) is 0 Å². The highest BCUT2D eigenvalue weighted by Crippen LogP contribution is 2.13. The van der Waals surface area contributed by atoms with Crippen LogP contribution in [0.15, 0.2) is 0 Å². The van der Waals surface area contributed by atoms with Crippen molar-refractivity contribution in [1.82, 2.24) is 5.32 Å². The van der Waals surface area contributed by atoms with E-state index in [9.17, 15) is 4.79 Å². The van der Waals surface area contributed by atoms with Gasteiger partial charge in [-0.3, -0.25) is 4.79 Å². The third-order valence-corrected chi connectivity index (χ3v) is 7.99. The third-order valence-electron chi connectivity index (χ3n) is 7.99. The van der Waals surface area contributed by atoms with Gasteiger partial charge in [-0.25, -0.2) is 0 Å². The molecule has 1 unspecified atom stereocenters. The molecule has 1 N–H and O–H groups in total. The number of hydrogen-bond donors (Lipinski definition) is 1. The van der Waals surface area contributed by atoms with Crippen LogP contribution in [0.25, 0.3) is 0 Å². The average Bonchev–Trinajstić information content (AvgIpc) is 3.00. The Morgan fingerprint density at radius 1 is 0.524 bits per heavy atom. The monoisotopic (exact) mass is 600 g/mol. The number of carbonyl (C=O) groups is 1. The molecule has 0 aliphatic rings. The maximum absolute atomic E-state index is 12.1. The maximum atomic E-state index is 12.1. The van der Waals surface area contributed by atoms with Gasteiger partial charge in [0.1, 0.15) is 6.61 Å². The molecular formula is C36H73NO5. The van der Waals surface area contributed by atoms with Crippen molar-refractivity contribution >= 4 is 5.91 Å². The lowest BCUT2D eigenvalue weighted by Gasteiger charge is -2.19. The number of amides is 1. The molecule has 0 heterocycles. The summed E-state index contributed by atoms with van der Waals surface area (Å²) in [7, 11) is 1.62. The molecule has 1 atom stereocenters. The fourth-order valence-electron chi connectivity index (χ4n) is 5.20. The molecule has 6 nitrogen and oxygen atoms in total. The normalized spacial score (nSPS) is 12.2. The minimum absolute atomic E-state index is 0.0501. The first kappa shape index (κ1) is 41.3. The molecule has 0 saturated heterocycles. The highest BCUT2D eigenvalue weighted by molar-refractivity contribution is 5.77. The second-order valence-corrected chi connectivity index (χ2v) is 12.2. The Balaban J connectivity index is 3.92. The molecule has 0 aliphatic heterocycles. The predicted octanol–water partition coefficient (Wildman–Crippen LogP) is 9.57. The van der Waals surface area contributed by atoms with Crippen molar-refractivity contribution in [3.05, 3.63) is 0 Å². The van der Waals surface area contributed by atoms with Gasteiger partial charge in [-0.2, -0.15) is 0 Å². The standard InChI is InChI=1S/C36H73NO5/c1-4-6-8-10-12-14-16-18-20-22-24-26-28-40-33-35(32-37-36(38)34-41-31-30-39-3)42-29-27-25-23-21-19-17-15-13-11-9-7-5-2/h35H,4-34H2,1-3H3,(H,37,38). The molecule has 0 radical (unpaired) electrons. The third kappa shape index (κ3) is 33.8. The Hall–Kier alpha value is -0.690. The fraction of sp³-hybridized carbons (Fsp3) is 0.972. The molecule has 0 spiro atoms. The van der Waals surface area contributed by atoms with Crippen molar-refractivity contribution < 1.29 is 23.7 Å². The van der Waals surface area contributed by atoms with Crippen LogP contribution in [-0.4, -0.2) is 65.3 Å². The fourth-order valence-corrected chi connectivity index (χ4v) is 5.20. The summed E-state index contributed by atoms with van der Waals surface area (Å²) in [5, 5.41) is 2.95. The van der Waals surface area contributed by atoms with E-state index in [-0.39, 0.29) is 18.6 Å². The van der Waals surface area contributed by atoms with E-state index in [1.54, 1.807) is 7.11 Å². The predicted molar refractivity (Wildman–Crippen MR) is 178 cm³/mol. The number of carbonyl (C=O) groups excluding carboxylic acids is 1. The lowest BCUT2D eigenvalue weighted by Crippen LogP contribution is -2.38. The van der Waals surface area contributed by atoms with E-state index in [4.69, 9.17) is 18.9 Å². The lowest BCUT2D eigenvalue weighted by molar-refractivity contribution is -0.127. The smallest absolute Gasteiger partial charge is 0.246 e. The SMILES string of the molecule is CCCCCCCCCCCCCCOCC(CNC(=O)COCCOC)OCCCCCCCCCCCCCC. The van der Waals surface area contributed by atoms with E-state index in [1.807, 2.05) is 0 Å².